The fourth-order valence-electron chi connectivity index (χ4n) is 3.57. The predicted octanol–water partition coefficient (Wildman–Crippen LogP) is 6.99. The number of amides is 1. The van der Waals surface area contributed by atoms with E-state index in [1.165, 1.54) is 23.0 Å². The molecule has 3 nitrogen and oxygen atoms in total. The number of alkyl halides is 3. The number of anilines is 1. The third-order valence-electron chi connectivity index (χ3n) is 5.53. The fourth-order valence-corrected chi connectivity index (χ4v) is 4.43. The highest BCUT2D eigenvalue weighted by Crippen LogP contribution is 2.30. The minimum Gasteiger partial charge on any atom is -0.387 e. The molecule has 0 spiro atoms. The van der Waals surface area contributed by atoms with Gasteiger partial charge >= 0.3 is 6.18 Å². The number of benzene rings is 2. The van der Waals surface area contributed by atoms with Crippen LogP contribution in [0.15, 0.2) is 60.0 Å². The molecule has 1 N–H and O–H groups in total. The van der Waals surface area contributed by atoms with Crippen LogP contribution in [0.4, 0.5) is 18.9 Å². The summed E-state index contributed by atoms with van der Waals surface area (Å²) in [6, 6.07) is 15.3. The van der Waals surface area contributed by atoms with Gasteiger partial charge in [0.05, 0.1) is 11.3 Å². The number of carbonyl (C=O) groups excluding carboxylic acids is 1. The van der Waals surface area contributed by atoms with Gasteiger partial charge in [0.25, 0.3) is 5.91 Å². The maximum Gasteiger partial charge on any atom is 0.416 e. The lowest BCUT2D eigenvalue weighted by Crippen LogP contribution is -2.32. The van der Waals surface area contributed by atoms with E-state index >= 15 is 0 Å². The molecule has 0 aliphatic heterocycles. The van der Waals surface area contributed by atoms with Gasteiger partial charge in [-0.2, -0.15) is 13.2 Å². The van der Waals surface area contributed by atoms with Crippen LogP contribution < -0.4 is 5.32 Å². The van der Waals surface area contributed by atoms with Gasteiger partial charge in [0.15, 0.2) is 0 Å². The number of rotatable bonds is 7. The molecule has 0 saturated heterocycles. The molecule has 0 aliphatic rings. The molecule has 1 aromatic heterocycles. The van der Waals surface area contributed by atoms with E-state index in [4.69, 9.17) is 0 Å². The summed E-state index contributed by atoms with van der Waals surface area (Å²) in [6.45, 7) is 7.11. The summed E-state index contributed by atoms with van der Waals surface area (Å²) in [6.07, 6.45) is -4.06. The Morgan fingerprint density at radius 3 is 2.27 bits per heavy atom. The van der Waals surface area contributed by atoms with Gasteiger partial charge in [-0.15, -0.1) is 11.3 Å². The summed E-state index contributed by atoms with van der Waals surface area (Å²) < 4.78 is 39.3. The number of hydrogen-bond acceptors (Lipinski definition) is 3. The number of halogens is 3. The van der Waals surface area contributed by atoms with Crippen molar-refractivity contribution in [1.29, 1.82) is 0 Å². The van der Waals surface area contributed by atoms with Gasteiger partial charge in [0, 0.05) is 20.1 Å². The Hall–Kier alpha value is -2.80. The van der Waals surface area contributed by atoms with Crippen molar-refractivity contribution in [2.75, 3.05) is 18.9 Å². The second-order valence-electron chi connectivity index (χ2n) is 9.04. The van der Waals surface area contributed by atoms with E-state index in [9.17, 15) is 18.0 Å². The van der Waals surface area contributed by atoms with Gasteiger partial charge in [-0.25, -0.2) is 0 Å². The minimum atomic E-state index is -4.39. The standard InChI is InChI=1S/C26H29F3N2OS/c1-25(2,3)20-10-8-19(9-11-20)17-31(24(32)23-22(30-4)13-15-33-23)14-12-18-6-5-7-21(16-18)26(27,28)29/h5-11,13,15-16,30H,12,14,17H2,1-4H3. The van der Waals surface area contributed by atoms with E-state index < -0.39 is 11.7 Å². The van der Waals surface area contributed by atoms with Gasteiger partial charge in [0.1, 0.15) is 4.88 Å². The number of carbonyl (C=O) groups is 1. The summed E-state index contributed by atoms with van der Waals surface area (Å²) >= 11 is 1.35. The Morgan fingerprint density at radius 1 is 0.970 bits per heavy atom. The zero-order valence-corrected chi connectivity index (χ0v) is 20.1. The molecule has 0 fully saturated rings. The maximum absolute atomic E-state index is 13.4. The third-order valence-corrected chi connectivity index (χ3v) is 6.44. The van der Waals surface area contributed by atoms with E-state index in [2.05, 4.69) is 38.2 Å². The first-order valence-electron chi connectivity index (χ1n) is 10.8. The monoisotopic (exact) mass is 474 g/mol. The molecular formula is C26H29F3N2OS. The van der Waals surface area contributed by atoms with Crippen molar-refractivity contribution in [2.45, 2.75) is 45.3 Å². The second-order valence-corrected chi connectivity index (χ2v) is 9.95. The van der Waals surface area contributed by atoms with Crippen LogP contribution in [0.2, 0.25) is 0 Å². The molecule has 33 heavy (non-hydrogen) atoms. The third kappa shape index (κ3) is 6.38. The van der Waals surface area contributed by atoms with Crippen molar-refractivity contribution in [3.63, 3.8) is 0 Å². The van der Waals surface area contributed by atoms with Crippen LogP contribution in [-0.2, 0) is 24.6 Å². The van der Waals surface area contributed by atoms with Gasteiger partial charge in [0.2, 0.25) is 0 Å². The Balaban J connectivity index is 1.84. The zero-order chi connectivity index (χ0) is 24.2. The van der Waals surface area contributed by atoms with Crippen molar-refractivity contribution >= 4 is 22.9 Å². The van der Waals surface area contributed by atoms with E-state index in [0.717, 1.165) is 23.4 Å². The summed E-state index contributed by atoms with van der Waals surface area (Å²) in [7, 11) is 1.76. The molecule has 0 unspecified atom stereocenters. The molecule has 7 heteroatoms. The van der Waals surface area contributed by atoms with Crippen LogP contribution in [-0.4, -0.2) is 24.4 Å². The highest BCUT2D eigenvalue weighted by molar-refractivity contribution is 7.12. The minimum absolute atomic E-state index is 0.0240. The lowest BCUT2D eigenvalue weighted by molar-refractivity contribution is -0.137. The summed E-state index contributed by atoms with van der Waals surface area (Å²) in [5.41, 5.74) is 2.82. The number of nitrogens with zero attached hydrogens (tertiary/aromatic N) is 1. The van der Waals surface area contributed by atoms with E-state index in [-0.39, 0.29) is 11.3 Å². The predicted molar refractivity (Wildman–Crippen MR) is 129 cm³/mol. The fraction of sp³-hybridized carbons (Fsp3) is 0.346. The van der Waals surface area contributed by atoms with Crippen LogP contribution in [0.25, 0.3) is 0 Å². The molecule has 3 aromatic rings. The van der Waals surface area contributed by atoms with Gasteiger partial charge < -0.3 is 10.2 Å². The number of nitrogens with one attached hydrogen (secondary N) is 1. The smallest absolute Gasteiger partial charge is 0.387 e. The van der Waals surface area contributed by atoms with Crippen molar-refractivity contribution < 1.29 is 18.0 Å². The first-order chi connectivity index (χ1) is 15.5. The summed E-state index contributed by atoms with van der Waals surface area (Å²) in [5.74, 6) is -0.138. The molecular weight excluding hydrogens is 445 g/mol. The molecule has 0 radical (unpaired) electrons. The van der Waals surface area contributed by atoms with Crippen molar-refractivity contribution in [1.82, 2.24) is 4.90 Å². The Kier molecular flexibility index (Phi) is 7.52. The molecule has 176 valence electrons. The topological polar surface area (TPSA) is 32.3 Å². The molecule has 1 heterocycles. The van der Waals surface area contributed by atoms with Crippen LogP contribution in [0.1, 0.15) is 52.7 Å². The average molecular weight is 475 g/mol. The molecule has 0 bridgehead atoms. The largest absolute Gasteiger partial charge is 0.416 e. The van der Waals surface area contributed by atoms with E-state index in [0.29, 0.717) is 30.0 Å². The van der Waals surface area contributed by atoms with E-state index in [1.807, 2.05) is 23.6 Å². The van der Waals surface area contributed by atoms with Crippen LogP contribution >= 0.6 is 11.3 Å². The molecule has 0 atom stereocenters. The normalized spacial score (nSPS) is 12.0. The summed E-state index contributed by atoms with van der Waals surface area (Å²) in [5, 5.41) is 4.88. The van der Waals surface area contributed by atoms with E-state index in [1.54, 1.807) is 18.0 Å². The first-order valence-corrected chi connectivity index (χ1v) is 11.7. The van der Waals surface area contributed by atoms with Gasteiger partial charge in [-0.05, 0) is 46.0 Å². The highest BCUT2D eigenvalue weighted by atomic mass is 32.1. The quantitative estimate of drug-likeness (QED) is 0.400. The maximum atomic E-state index is 13.4. The Labute approximate surface area is 197 Å². The van der Waals surface area contributed by atoms with Crippen LogP contribution in [0.5, 0.6) is 0 Å². The van der Waals surface area contributed by atoms with Crippen molar-refractivity contribution in [3.05, 3.63) is 87.1 Å². The molecule has 0 aliphatic carbocycles. The summed E-state index contributed by atoms with van der Waals surface area (Å²) in [4.78, 5) is 15.7. The first kappa shape index (κ1) is 24.8. The van der Waals surface area contributed by atoms with Crippen LogP contribution in [0, 0.1) is 0 Å². The number of thiophene rings is 1. The van der Waals surface area contributed by atoms with Gasteiger partial charge in [-0.3, -0.25) is 4.79 Å². The average Bonchev–Trinajstić information content (AvgIpc) is 3.24. The lowest BCUT2D eigenvalue weighted by atomic mass is 9.87. The second kappa shape index (κ2) is 10.00. The molecule has 0 saturated carbocycles. The Bertz CT molecular complexity index is 1080. The van der Waals surface area contributed by atoms with Crippen molar-refractivity contribution in [3.8, 4) is 0 Å². The number of hydrogen-bond donors (Lipinski definition) is 1. The Morgan fingerprint density at radius 2 is 1.67 bits per heavy atom. The van der Waals surface area contributed by atoms with Gasteiger partial charge in [-0.1, -0.05) is 63.2 Å². The molecule has 2 aromatic carbocycles. The SMILES string of the molecule is CNc1ccsc1C(=O)N(CCc1cccc(C(F)(F)F)c1)Cc1ccc(C(C)(C)C)cc1. The highest BCUT2D eigenvalue weighted by Gasteiger charge is 2.30. The molecule has 3 rings (SSSR count). The molecule has 1 amide bonds. The van der Waals surface area contributed by atoms with Crippen molar-refractivity contribution in [2.24, 2.45) is 0 Å². The van der Waals surface area contributed by atoms with Crippen LogP contribution in [0.3, 0.4) is 0 Å². The zero-order valence-electron chi connectivity index (χ0n) is 19.3. The lowest BCUT2D eigenvalue weighted by Gasteiger charge is -2.24.